The molecule has 0 aromatic heterocycles. The minimum atomic E-state index is 0.181. The second kappa shape index (κ2) is 8.94. The van der Waals surface area contributed by atoms with Crippen molar-refractivity contribution in [2.45, 2.75) is 46.3 Å². The van der Waals surface area contributed by atoms with Crippen LogP contribution < -0.4 is 10.1 Å². The fourth-order valence-electron chi connectivity index (χ4n) is 1.98. The zero-order valence-corrected chi connectivity index (χ0v) is 12.6. The van der Waals surface area contributed by atoms with Gasteiger partial charge in [-0.3, -0.25) is 0 Å². The van der Waals surface area contributed by atoms with Crippen molar-refractivity contribution in [1.29, 1.82) is 0 Å². The summed E-state index contributed by atoms with van der Waals surface area (Å²) in [7, 11) is 0. The van der Waals surface area contributed by atoms with E-state index in [4.69, 9.17) is 9.47 Å². The molecular weight excluding hydrogens is 238 g/mol. The van der Waals surface area contributed by atoms with Crippen molar-refractivity contribution < 1.29 is 9.47 Å². The molecule has 0 radical (unpaired) electrons. The van der Waals surface area contributed by atoms with E-state index in [0.717, 1.165) is 25.3 Å². The second-order valence-corrected chi connectivity index (χ2v) is 4.89. The number of hydrogen-bond acceptors (Lipinski definition) is 3. The van der Waals surface area contributed by atoms with Crippen molar-refractivity contribution in [2.75, 3.05) is 19.8 Å². The molecule has 0 spiro atoms. The van der Waals surface area contributed by atoms with Crippen LogP contribution in [0.4, 0.5) is 0 Å². The molecule has 0 aliphatic heterocycles. The summed E-state index contributed by atoms with van der Waals surface area (Å²) < 4.78 is 11.6. The Labute approximate surface area is 117 Å². The van der Waals surface area contributed by atoms with Crippen molar-refractivity contribution >= 4 is 0 Å². The van der Waals surface area contributed by atoms with Gasteiger partial charge in [-0.2, -0.15) is 0 Å². The van der Waals surface area contributed by atoms with Gasteiger partial charge in [-0.25, -0.2) is 0 Å². The molecule has 0 bridgehead atoms. The molecule has 3 heteroatoms. The van der Waals surface area contributed by atoms with Crippen LogP contribution in [0, 0.1) is 0 Å². The van der Waals surface area contributed by atoms with Crippen LogP contribution in [0.5, 0.6) is 5.75 Å². The van der Waals surface area contributed by atoms with Gasteiger partial charge in [-0.15, -0.1) is 0 Å². The quantitative estimate of drug-likeness (QED) is 0.693. The summed E-state index contributed by atoms with van der Waals surface area (Å²) in [5, 5.41) is 3.47. The van der Waals surface area contributed by atoms with Gasteiger partial charge in [-0.1, -0.05) is 32.0 Å². The summed E-state index contributed by atoms with van der Waals surface area (Å²) in [6.07, 6.45) is 1.23. The molecule has 0 heterocycles. The predicted octanol–water partition coefficient (Wildman–Crippen LogP) is 3.55. The van der Waals surface area contributed by atoms with Gasteiger partial charge < -0.3 is 14.8 Å². The van der Waals surface area contributed by atoms with Gasteiger partial charge in [0.1, 0.15) is 5.75 Å². The second-order valence-electron chi connectivity index (χ2n) is 4.89. The highest BCUT2D eigenvalue weighted by Gasteiger charge is 2.15. The van der Waals surface area contributed by atoms with Gasteiger partial charge in [0, 0.05) is 12.2 Å². The highest BCUT2D eigenvalue weighted by Crippen LogP contribution is 2.26. The van der Waals surface area contributed by atoms with E-state index in [-0.39, 0.29) is 12.1 Å². The molecule has 0 aliphatic carbocycles. The summed E-state index contributed by atoms with van der Waals surface area (Å²) in [6.45, 7) is 10.7. The van der Waals surface area contributed by atoms with Crippen molar-refractivity contribution in [3.05, 3.63) is 29.8 Å². The molecule has 1 atom stereocenters. The Morgan fingerprint density at radius 1 is 1.16 bits per heavy atom. The van der Waals surface area contributed by atoms with Crippen LogP contribution in [0.25, 0.3) is 0 Å². The van der Waals surface area contributed by atoms with E-state index in [1.54, 1.807) is 0 Å². The first kappa shape index (κ1) is 16.0. The van der Waals surface area contributed by atoms with E-state index in [2.05, 4.69) is 25.2 Å². The van der Waals surface area contributed by atoms with Crippen molar-refractivity contribution in [1.82, 2.24) is 5.32 Å². The summed E-state index contributed by atoms with van der Waals surface area (Å²) >= 11 is 0. The van der Waals surface area contributed by atoms with Gasteiger partial charge >= 0.3 is 0 Å². The molecule has 1 aromatic carbocycles. The molecule has 1 rings (SSSR count). The van der Waals surface area contributed by atoms with E-state index in [9.17, 15) is 0 Å². The molecule has 0 saturated heterocycles. The fourth-order valence-corrected chi connectivity index (χ4v) is 1.98. The number of nitrogens with one attached hydrogen (secondary N) is 1. The Bertz CT molecular complexity index is 352. The Balaban J connectivity index is 2.81. The molecular formula is C16H27NO2. The maximum absolute atomic E-state index is 5.88. The smallest absolute Gasteiger partial charge is 0.124 e. The SMILES string of the molecule is CCCOCC(NCC)c1ccccc1OC(C)C. The average molecular weight is 265 g/mol. The Morgan fingerprint density at radius 2 is 1.89 bits per heavy atom. The maximum Gasteiger partial charge on any atom is 0.124 e. The van der Waals surface area contributed by atoms with Crippen LogP contribution >= 0.6 is 0 Å². The molecule has 108 valence electrons. The largest absolute Gasteiger partial charge is 0.491 e. The van der Waals surface area contributed by atoms with Crippen molar-refractivity contribution in [3.8, 4) is 5.75 Å². The number of benzene rings is 1. The van der Waals surface area contributed by atoms with Gasteiger partial charge in [0.05, 0.1) is 18.8 Å². The number of ether oxygens (including phenoxy) is 2. The number of rotatable bonds is 9. The van der Waals surface area contributed by atoms with E-state index in [1.165, 1.54) is 5.56 Å². The fraction of sp³-hybridized carbons (Fsp3) is 0.625. The first-order chi connectivity index (χ1) is 9.19. The minimum absolute atomic E-state index is 0.181. The predicted molar refractivity (Wildman–Crippen MR) is 79.7 cm³/mol. The molecule has 0 fully saturated rings. The monoisotopic (exact) mass is 265 g/mol. The average Bonchev–Trinajstić information content (AvgIpc) is 2.38. The highest BCUT2D eigenvalue weighted by molar-refractivity contribution is 5.36. The molecule has 1 N–H and O–H groups in total. The molecule has 0 saturated carbocycles. The molecule has 3 nitrogen and oxygen atoms in total. The van der Waals surface area contributed by atoms with Crippen molar-refractivity contribution in [2.24, 2.45) is 0 Å². The molecule has 19 heavy (non-hydrogen) atoms. The lowest BCUT2D eigenvalue weighted by molar-refractivity contribution is 0.110. The topological polar surface area (TPSA) is 30.5 Å². The zero-order valence-electron chi connectivity index (χ0n) is 12.6. The number of para-hydroxylation sites is 1. The first-order valence-electron chi connectivity index (χ1n) is 7.25. The summed E-state index contributed by atoms with van der Waals surface area (Å²) in [5.41, 5.74) is 1.18. The third-order valence-electron chi connectivity index (χ3n) is 2.74. The first-order valence-corrected chi connectivity index (χ1v) is 7.25. The van der Waals surface area contributed by atoms with Gasteiger partial charge in [0.15, 0.2) is 0 Å². The highest BCUT2D eigenvalue weighted by atomic mass is 16.5. The third kappa shape index (κ3) is 5.62. The third-order valence-corrected chi connectivity index (χ3v) is 2.74. The van der Waals surface area contributed by atoms with Crippen LogP contribution in [0.2, 0.25) is 0 Å². The normalized spacial score (nSPS) is 12.7. The van der Waals surface area contributed by atoms with E-state index in [1.807, 2.05) is 32.0 Å². The zero-order chi connectivity index (χ0) is 14.1. The summed E-state index contributed by atoms with van der Waals surface area (Å²) in [5.74, 6) is 0.948. The molecule has 1 unspecified atom stereocenters. The van der Waals surface area contributed by atoms with Gasteiger partial charge in [0.2, 0.25) is 0 Å². The van der Waals surface area contributed by atoms with Crippen LogP contribution in [-0.4, -0.2) is 25.9 Å². The molecule has 1 aromatic rings. The summed E-state index contributed by atoms with van der Waals surface area (Å²) in [6, 6.07) is 8.38. The van der Waals surface area contributed by atoms with E-state index >= 15 is 0 Å². The minimum Gasteiger partial charge on any atom is -0.491 e. The van der Waals surface area contributed by atoms with Crippen LogP contribution in [0.1, 0.15) is 45.7 Å². The van der Waals surface area contributed by atoms with Crippen molar-refractivity contribution in [3.63, 3.8) is 0 Å². The number of likely N-dealkylation sites (N-methyl/N-ethyl adjacent to an activating group) is 1. The number of hydrogen-bond donors (Lipinski definition) is 1. The Kier molecular flexibility index (Phi) is 7.53. The van der Waals surface area contributed by atoms with Crippen LogP contribution in [0.15, 0.2) is 24.3 Å². The standard InChI is InChI=1S/C16H27NO2/c1-5-11-18-12-15(17-6-2)14-9-7-8-10-16(14)19-13(3)4/h7-10,13,15,17H,5-6,11-12H2,1-4H3. The lowest BCUT2D eigenvalue weighted by Gasteiger charge is -2.22. The van der Waals surface area contributed by atoms with E-state index < -0.39 is 0 Å². The maximum atomic E-state index is 5.88. The molecule has 0 amide bonds. The molecule has 0 aliphatic rings. The summed E-state index contributed by atoms with van der Waals surface area (Å²) in [4.78, 5) is 0. The Morgan fingerprint density at radius 3 is 2.53 bits per heavy atom. The van der Waals surface area contributed by atoms with Crippen LogP contribution in [0.3, 0.4) is 0 Å². The van der Waals surface area contributed by atoms with Gasteiger partial charge in [-0.05, 0) is 32.9 Å². The van der Waals surface area contributed by atoms with Crippen LogP contribution in [-0.2, 0) is 4.74 Å². The Hall–Kier alpha value is -1.06. The lowest BCUT2D eigenvalue weighted by Crippen LogP contribution is -2.26. The lowest BCUT2D eigenvalue weighted by atomic mass is 10.1. The van der Waals surface area contributed by atoms with Gasteiger partial charge in [0.25, 0.3) is 0 Å². The van der Waals surface area contributed by atoms with E-state index in [0.29, 0.717) is 6.61 Å².